The maximum absolute atomic E-state index is 10.3. The maximum atomic E-state index is 10.3. The van der Waals surface area contributed by atoms with Crippen molar-refractivity contribution in [3.63, 3.8) is 0 Å². The minimum atomic E-state index is -0.945. The SMILES string of the molecule is O=C=NC(=O)/C=C/C(=O)N=C=O. The van der Waals surface area contributed by atoms with E-state index in [1.807, 2.05) is 0 Å². The van der Waals surface area contributed by atoms with Crippen molar-refractivity contribution in [3.8, 4) is 0 Å². The summed E-state index contributed by atoms with van der Waals surface area (Å²) in [5, 5.41) is 0. The Morgan fingerprint density at radius 2 is 1.25 bits per heavy atom. The first-order valence-corrected chi connectivity index (χ1v) is 2.62. The van der Waals surface area contributed by atoms with Crippen molar-refractivity contribution in [2.45, 2.75) is 0 Å². The lowest BCUT2D eigenvalue weighted by molar-refractivity contribution is -0.115. The molecule has 0 saturated heterocycles. The second kappa shape index (κ2) is 5.61. The van der Waals surface area contributed by atoms with Crippen molar-refractivity contribution in [2.75, 3.05) is 0 Å². The van der Waals surface area contributed by atoms with Crippen LogP contribution in [0.2, 0.25) is 0 Å². The summed E-state index contributed by atoms with van der Waals surface area (Å²) in [5.41, 5.74) is 0. The van der Waals surface area contributed by atoms with Gasteiger partial charge in [-0.15, -0.1) is 9.98 Å². The smallest absolute Gasteiger partial charge is 0.267 e. The summed E-state index contributed by atoms with van der Waals surface area (Å²) >= 11 is 0. The molecule has 0 atom stereocenters. The van der Waals surface area contributed by atoms with Gasteiger partial charge in [0.15, 0.2) is 0 Å². The number of rotatable bonds is 2. The third-order valence-corrected chi connectivity index (χ3v) is 0.680. The van der Waals surface area contributed by atoms with Crippen LogP contribution in [0.3, 0.4) is 0 Å². The number of hydrogen-bond donors (Lipinski definition) is 0. The predicted molar refractivity (Wildman–Crippen MR) is 35.4 cm³/mol. The summed E-state index contributed by atoms with van der Waals surface area (Å²) in [6, 6.07) is 0. The second-order valence-corrected chi connectivity index (χ2v) is 1.42. The minimum Gasteiger partial charge on any atom is -0.267 e. The molecule has 0 saturated carbocycles. The minimum absolute atomic E-state index is 0.689. The van der Waals surface area contributed by atoms with Gasteiger partial charge < -0.3 is 0 Å². The van der Waals surface area contributed by atoms with Crippen LogP contribution in [0.25, 0.3) is 0 Å². The summed E-state index contributed by atoms with van der Waals surface area (Å²) < 4.78 is 0. The Morgan fingerprint density at radius 1 is 0.917 bits per heavy atom. The molecule has 6 nitrogen and oxygen atoms in total. The zero-order valence-electron chi connectivity index (χ0n) is 5.68. The average molecular weight is 166 g/mol. The molecule has 0 radical (unpaired) electrons. The lowest BCUT2D eigenvalue weighted by Crippen LogP contribution is -1.89. The van der Waals surface area contributed by atoms with Crippen molar-refractivity contribution in [2.24, 2.45) is 9.98 Å². The van der Waals surface area contributed by atoms with E-state index in [1.54, 1.807) is 0 Å². The molecule has 0 bridgehead atoms. The fraction of sp³-hybridized carbons (Fsp3) is 0. The van der Waals surface area contributed by atoms with E-state index in [1.165, 1.54) is 0 Å². The van der Waals surface area contributed by atoms with E-state index in [9.17, 15) is 19.2 Å². The van der Waals surface area contributed by atoms with Gasteiger partial charge in [0.05, 0.1) is 0 Å². The number of carbonyl (C=O) groups is 2. The first-order chi connectivity index (χ1) is 5.70. The topological polar surface area (TPSA) is 93.0 Å². The molecule has 0 spiro atoms. The molecule has 0 unspecified atom stereocenters. The highest BCUT2D eigenvalue weighted by Crippen LogP contribution is 1.80. The second-order valence-electron chi connectivity index (χ2n) is 1.42. The predicted octanol–water partition coefficient (Wildman–Crippen LogP) is -0.733. The molecule has 2 amide bonds. The van der Waals surface area contributed by atoms with Crippen LogP contribution in [0.4, 0.5) is 0 Å². The van der Waals surface area contributed by atoms with Crippen LogP contribution in [-0.2, 0) is 19.2 Å². The molecule has 0 aliphatic rings. The van der Waals surface area contributed by atoms with E-state index in [2.05, 4.69) is 9.98 Å². The Morgan fingerprint density at radius 3 is 1.50 bits per heavy atom. The van der Waals surface area contributed by atoms with E-state index in [0.29, 0.717) is 12.2 Å². The van der Waals surface area contributed by atoms with Crippen LogP contribution in [0.15, 0.2) is 22.1 Å². The molecule has 0 aromatic heterocycles. The first kappa shape index (κ1) is 9.84. The first-order valence-electron chi connectivity index (χ1n) is 2.62. The zero-order valence-corrected chi connectivity index (χ0v) is 5.68. The van der Waals surface area contributed by atoms with Crippen LogP contribution in [0, 0.1) is 0 Å². The Kier molecular flexibility index (Phi) is 4.60. The summed E-state index contributed by atoms with van der Waals surface area (Å²) in [5.74, 6) is -1.89. The molecule has 0 aromatic carbocycles. The van der Waals surface area contributed by atoms with Crippen molar-refractivity contribution < 1.29 is 19.2 Å². The molecular formula is C6H2N2O4. The average Bonchev–Trinajstić information content (AvgIpc) is 2.02. The third-order valence-electron chi connectivity index (χ3n) is 0.680. The fourth-order valence-electron chi connectivity index (χ4n) is 0.307. The van der Waals surface area contributed by atoms with Gasteiger partial charge in [-0.25, -0.2) is 9.59 Å². The summed E-state index contributed by atoms with van der Waals surface area (Å²) in [6.07, 6.45) is 3.33. The zero-order chi connectivity index (χ0) is 9.40. The molecule has 0 aliphatic heterocycles. The molecule has 0 fully saturated rings. The number of aliphatic imine (C=N–C) groups is 2. The van der Waals surface area contributed by atoms with Gasteiger partial charge in [-0.1, -0.05) is 0 Å². The van der Waals surface area contributed by atoms with Crippen LogP contribution in [-0.4, -0.2) is 24.0 Å². The largest absolute Gasteiger partial charge is 0.280 e. The number of hydrogen-bond acceptors (Lipinski definition) is 4. The number of nitrogens with zero attached hydrogens (tertiary/aromatic N) is 2. The third kappa shape index (κ3) is 4.69. The lowest BCUT2D eigenvalue weighted by atomic mass is 10.4. The Labute approximate surface area is 66.3 Å². The van der Waals surface area contributed by atoms with Crippen LogP contribution in [0.5, 0.6) is 0 Å². The van der Waals surface area contributed by atoms with Gasteiger partial charge in [0.25, 0.3) is 11.8 Å². The number of amides is 2. The van der Waals surface area contributed by atoms with Crippen molar-refractivity contribution in [3.05, 3.63) is 12.2 Å². The van der Waals surface area contributed by atoms with Gasteiger partial charge in [0.1, 0.15) is 0 Å². The van der Waals surface area contributed by atoms with Crippen LogP contribution in [0.1, 0.15) is 0 Å². The highest BCUT2D eigenvalue weighted by molar-refractivity contribution is 5.99. The molecular weight excluding hydrogens is 164 g/mol. The van der Waals surface area contributed by atoms with E-state index >= 15 is 0 Å². The van der Waals surface area contributed by atoms with Crippen molar-refractivity contribution in [1.29, 1.82) is 0 Å². The maximum Gasteiger partial charge on any atom is 0.280 e. The monoisotopic (exact) mass is 166 g/mol. The number of carbonyl (C=O) groups excluding carboxylic acids is 4. The molecule has 60 valence electrons. The van der Waals surface area contributed by atoms with Gasteiger partial charge in [-0.05, 0) is 0 Å². The standard InChI is InChI=1S/C6H2N2O4/c9-3-7-5(11)1-2-6(12)8-4-10/h1-2H/b2-1+. The van der Waals surface area contributed by atoms with E-state index in [-0.39, 0.29) is 0 Å². The molecule has 12 heavy (non-hydrogen) atoms. The van der Waals surface area contributed by atoms with E-state index in [4.69, 9.17) is 0 Å². The van der Waals surface area contributed by atoms with Gasteiger partial charge in [-0.3, -0.25) is 9.59 Å². The summed E-state index contributed by atoms with van der Waals surface area (Å²) in [6.45, 7) is 0. The Bertz CT molecular complexity index is 286. The van der Waals surface area contributed by atoms with E-state index < -0.39 is 11.8 Å². The van der Waals surface area contributed by atoms with Crippen LogP contribution < -0.4 is 0 Å². The van der Waals surface area contributed by atoms with Gasteiger partial charge >= 0.3 is 0 Å². The van der Waals surface area contributed by atoms with Crippen LogP contribution >= 0.6 is 0 Å². The van der Waals surface area contributed by atoms with Crippen molar-refractivity contribution in [1.82, 2.24) is 0 Å². The fourth-order valence-corrected chi connectivity index (χ4v) is 0.307. The lowest BCUT2D eigenvalue weighted by Gasteiger charge is -1.75. The van der Waals surface area contributed by atoms with Crippen molar-refractivity contribution >= 4 is 24.0 Å². The summed E-state index contributed by atoms with van der Waals surface area (Å²) in [4.78, 5) is 44.9. The molecule has 6 heteroatoms. The molecule has 0 aliphatic carbocycles. The molecule has 0 rings (SSSR count). The quantitative estimate of drug-likeness (QED) is 0.307. The molecule has 0 heterocycles. The van der Waals surface area contributed by atoms with E-state index in [0.717, 1.165) is 12.2 Å². The summed E-state index contributed by atoms with van der Waals surface area (Å²) in [7, 11) is 0. The Hall–Kier alpha value is -2.16. The Balaban J connectivity index is 4.25. The van der Waals surface area contributed by atoms with Gasteiger partial charge in [-0.2, -0.15) is 0 Å². The van der Waals surface area contributed by atoms with Gasteiger partial charge in [0, 0.05) is 12.2 Å². The van der Waals surface area contributed by atoms with Gasteiger partial charge in [0.2, 0.25) is 12.2 Å². The highest BCUT2D eigenvalue weighted by Gasteiger charge is 1.93. The highest BCUT2D eigenvalue weighted by atomic mass is 16.2. The molecule has 0 N–H and O–H groups in total. The normalized spacial score (nSPS) is 8.33. The number of isocyanates is 2. The molecule has 0 aromatic rings.